The molecule has 68 valence electrons. The molecule has 0 saturated carbocycles. The Morgan fingerprint density at radius 2 is 2.00 bits per heavy atom. The van der Waals surface area contributed by atoms with E-state index in [1.165, 1.54) is 10.6 Å². The van der Waals surface area contributed by atoms with Gasteiger partial charge in [0.2, 0.25) is 10.0 Å². The normalized spacial score (nSPS) is 12.4. The molecule has 11 heavy (non-hydrogen) atoms. The average Bonchev–Trinajstić information content (AvgIpc) is 1.87. The number of nitrogens with zero attached hydrogens (tertiary/aromatic N) is 1. The van der Waals surface area contributed by atoms with Crippen LogP contribution in [0.5, 0.6) is 0 Å². The molecule has 5 heteroatoms. The number of rotatable bonds is 5. The lowest BCUT2D eigenvalue weighted by molar-refractivity contribution is 0.433. The van der Waals surface area contributed by atoms with Gasteiger partial charge in [0.1, 0.15) is 0 Å². The first kappa shape index (κ1) is 11.4. The third-order valence-electron chi connectivity index (χ3n) is 1.36. The number of sulfonamides is 1. The highest BCUT2D eigenvalue weighted by Gasteiger charge is 2.12. The fraction of sp³-hybridized carbons (Fsp3) is 1.00. The monoisotopic (exact) mass is 243 g/mol. The molecular formula is C6H14BrNO2S. The zero-order chi connectivity index (χ0) is 8.91. The molecule has 0 aliphatic rings. The summed E-state index contributed by atoms with van der Waals surface area (Å²) in [6.45, 7) is 3.02. The zero-order valence-electron chi connectivity index (χ0n) is 6.88. The molecule has 0 saturated heterocycles. The van der Waals surface area contributed by atoms with Crippen molar-refractivity contribution in [3.05, 3.63) is 0 Å². The number of hydrogen-bond donors (Lipinski definition) is 0. The van der Waals surface area contributed by atoms with Crippen LogP contribution in [0.3, 0.4) is 0 Å². The van der Waals surface area contributed by atoms with Crippen molar-refractivity contribution in [1.82, 2.24) is 4.31 Å². The molecule has 0 aromatic rings. The Labute approximate surface area is 77.0 Å². The molecule has 3 nitrogen and oxygen atoms in total. The van der Waals surface area contributed by atoms with Gasteiger partial charge in [0.05, 0.1) is 6.26 Å². The van der Waals surface area contributed by atoms with Crippen LogP contribution in [0.15, 0.2) is 0 Å². The van der Waals surface area contributed by atoms with Crippen LogP contribution < -0.4 is 0 Å². The fourth-order valence-electron chi connectivity index (χ4n) is 0.795. The lowest BCUT2D eigenvalue weighted by Gasteiger charge is -2.16. The lowest BCUT2D eigenvalue weighted by Crippen LogP contribution is -2.30. The molecule has 0 N–H and O–H groups in total. The highest BCUT2D eigenvalue weighted by molar-refractivity contribution is 9.09. The van der Waals surface area contributed by atoms with Crippen LogP contribution in [0.25, 0.3) is 0 Å². The predicted octanol–water partition coefficient (Wildman–Crippen LogP) is 1.05. The van der Waals surface area contributed by atoms with Gasteiger partial charge in [-0.2, -0.15) is 0 Å². The summed E-state index contributed by atoms with van der Waals surface area (Å²) < 4.78 is 23.4. The minimum absolute atomic E-state index is 0.561. The van der Waals surface area contributed by atoms with E-state index < -0.39 is 10.0 Å². The van der Waals surface area contributed by atoms with E-state index in [1.54, 1.807) is 0 Å². The largest absolute Gasteiger partial charge is 0.213 e. The molecule has 0 aliphatic heterocycles. The minimum Gasteiger partial charge on any atom is -0.213 e. The van der Waals surface area contributed by atoms with E-state index in [-0.39, 0.29) is 0 Å². The predicted molar refractivity (Wildman–Crippen MR) is 50.5 cm³/mol. The topological polar surface area (TPSA) is 37.4 Å². The van der Waals surface area contributed by atoms with Gasteiger partial charge in [-0.3, -0.25) is 0 Å². The third kappa shape index (κ3) is 4.76. The Morgan fingerprint density at radius 1 is 1.45 bits per heavy atom. The molecule has 0 amide bonds. The van der Waals surface area contributed by atoms with Crippen molar-refractivity contribution in [1.29, 1.82) is 0 Å². The molecule has 0 radical (unpaired) electrons. The van der Waals surface area contributed by atoms with Crippen LogP contribution in [0.1, 0.15) is 13.3 Å². The van der Waals surface area contributed by atoms with Crippen molar-refractivity contribution in [3.8, 4) is 0 Å². The third-order valence-corrected chi connectivity index (χ3v) is 3.30. The van der Waals surface area contributed by atoms with E-state index in [0.29, 0.717) is 13.1 Å². The Hall–Kier alpha value is 0.390. The SMILES string of the molecule is CCN(CCCBr)S(C)(=O)=O. The number of hydrogen-bond acceptors (Lipinski definition) is 2. The van der Waals surface area contributed by atoms with Crippen LogP contribution in [0.2, 0.25) is 0 Å². The van der Waals surface area contributed by atoms with Crippen molar-refractivity contribution in [3.63, 3.8) is 0 Å². The van der Waals surface area contributed by atoms with E-state index in [2.05, 4.69) is 15.9 Å². The van der Waals surface area contributed by atoms with Crippen molar-refractivity contribution in [2.24, 2.45) is 0 Å². The molecule has 0 spiro atoms. The van der Waals surface area contributed by atoms with Gasteiger partial charge in [-0.1, -0.05) is 22.9 Å². The van der Waals surface area contributed by atoms with Crippen molar-refractivity contribution < 1.29 is 8.42 Å². The highest BCUT2D eigenvalue weighted by Crippen LogP contribution is 1.99. The summed E-state index contributed by atoms with van der Waals surface area (Å²) in [5.74, 6) is 0. The van der Waals surface area contributed by atoms with E-state index in [0.717, 1.165) is 11.8 Å². The maximum absolute atomic E-state index is 11.0. The molecule has 0 atom stereocenters. The summed E-state index contributed by atoms with van der Waals surface area (Å²) >= 11 is 3.25. The molecule has 0 heterocycles. The Kier molecular flexibility index (Phi) is 5.29. The maximum Gasteiger partial charge on any atom is 0.211 e. The van der Waals surface area contributed by atoms with E-state index in [1.807, 2.05) is 6.92 Å². The van der Waals surface area contributed by atoms with Crippen molar-refractivity contribution >= 4 is 26.0 Å². The van der Waals surface area contributed by atoms with Gasteiger partial charge in [0.25, 0.3) is 0 Å². The summed E-state index contributed by atoms with van der Waals surface area (Å²) in [4.78, 5) is 0. The first-order valence-electron chi connectivity index (χ1n) is 3.53. The summed E-state index contributed by atoms with van der Waals surface area (Å²) in [7, 11) is -2.97. The second kappa shape index (κ2) is 5.11. The summed E-state index contributed by atoms with van der Waals surface area (Å²) in [6, 6.07) is 0. The Balaban J connectivity index is 3.97. The first-order chi connectivity index (χ1) is 5.02. The maximum atomic E-state index is 11.0. The molecular weight excluding hydrogens is 230 g/mol. The summed E-state index contributed by atoms with van der Waals surface area (Å²) in [6.07, 6.45) is 2.10. The quantitative estimate of drug-likeness (QED) is 0.678. The van der Waals surface area contributed by atoms with Gasteiger partial charge in [-0.15, -0.1) is 0 Å². The van der Waals surface area contributed by atoms with Gasteiger partial charge in [0, 0.05) is 18.4 Å². The molecule has 0 fully saturated rings. The second-order valence-electron chi connectivity index (χ2n) is 2.30. The molecule has 0 bridgehead atoms. The lowest BCUT2D eigenvalue weighted by atomic mass is 10.5. The standard InChI is InChI=1S/C6H14BrNO2S/c1-3-8(6-4-5-7)11(2,9)10/h3-6H2,1-2H3. The Morgan fingerprint density at radius 3 is 2.27 bits per heavy atom. The number of alkyl halides is 1. The van der Waals surface area contributed by atoms with Crippen molar-refractivity contribution in [2.45, 2.75) is 13.3 Å². The van der Waals surface area contributed by atoms with E-state index in [4.69, 9.17) is 0 Å². The smallest absolute Gasteiger partial charge is 0.211 e. The molecule has 0 unspecified atom stereocenters. The second-order valence-corrected chi connectivity index (χ2v) is 5.07. The van der Waals surface area contributed by atoms with Crippen LogP contribution in [-0.4, -0.2) is 37.4 Å². The molecule has 0 aliphatic carbocycles. The highest BCUT2D eigenvalue weighted by atomic mass is 79.9. The van der Waals surface area contributed by atoms with Gasteiger partial charge < -0.3 is 0 Å². The van der Waals surface area contributed by atoms with Crippen LogP contribution in [0, 0.1) is 0 Å². The van der Waals surface area contributed by atoms with Gasteiger partial charge in [-0.25, -0.2) is 12.7 Å². The molecule has 0 aromatic carbocycles. The minimum atomic E-state index is -2.97. The van der Waals surface area contributed by atoms with Gasteiger partial charge in [0.15, 0.2) is 0 Å². The van der Waals surface area contributed by atoms with Crippen molar-refractivity contribution in [2.75, 3.05) is 24.7 Å². The number of halogens is 1. The van der Waals surface area contributed by atoms with Crippen LogP contribution in [0.4, 0.5) is 0 Å². The molecule has 0 aromatic heterocycles. The first-order valence-corrected chi connectivity index (χ1v) is 6.50. The molecule has 0 rings (SSSR count). The van der Waals surface area contributed by atoms with E-state index in [9.17, 15) is 8.42 Å². The zero-order valence-corrected chi connectivity index (χ0v) is 9.28. The van der Waals surface area contributed by atoms with E-state index >= 15 is 0 Å². The van der Waals surface area contributed by atoms with Crippen LogP contribution in [-0.2, 0) is 10.0 Å². The summed E-state index contributed by atoms with van der Waals surface area (Å²) in [5.41, 5.74) is 0. The average molecular weight is 244 g/mol. The Bertz CT molecular complexity index is 191. The fourth-order valence-corrected chi connectivity index (χ4v) is 1.98. The summed E-state index contributed by atoms with van der Waals surface area (Å²) in [5, 5.41) is 0.846. The van der Waals surface area contributed by atoms with Gasteiger partial charge in [-0.05, 0) is 6.42 Å². The van der Waals surface area contributed by atoms with Crippen LogP contribution >= 0.6 is 15.9 Å². The van der Waals surface area contributed by atoms with Gasteiger partial charge >= 0.3 is 0 Å².